The average Bonchev–Trinajstić information content (AvgIpc) is 2.40. The summed E-state index contributed by atoms with van der Waals surface area (Å²) in [5, 5.41) is 8.54. The molecule has 0 aliphatic carbocycles. The van der Waals surface area contributed by atoms with E-state index in [1.165, 1.54) is 0 Å². The van der Waals surface area contributed by atoms with E-state index in [2.05, 4.69) is 0 Å². The first kappa shape index (κ1) is 14.9. The lowest BCUT2D eigenvalue weighted by atomic mass is 10.4. The smallest absolute Gasteiger partial charge is 0.320 e. The van der Waals surface area contributed by atoms with Crippen LogP contribution in [0.25, 0.3) is 0 Å². The van der Waals surface area contributed by atoms with Crippen LogP contribution in [0.2, 0.25) is 0 Å². The molecule has 1 aliphatic heterocycles. The molecule has 0 saturated carbocycles. The molecule has 0 aromatic rings. The summed E-state index contributed by atoms with van der Waals surface area (Å²) < 4.78 is 24.6. The Hall–Kier alpha value is -1.19. The number of rotatable bonds is 5. The number of hydrogen-bond donors (Lipinski definition) is 2. The van der Waals surface area contributed by atoms with Crippen LogP contribution in [0.5, 0.6) is 0 Å². The topological polar surface area (TPSA) is 121 Å². The van der Waals surface area contributed by atoms with Crippen molar-refractivity contribution in [1.82, 2.24) is 9.21 Å². The maximum Gasteiger partial charge on any atom is 0.320 e. The Labute approximate surface area is 105 Å². The van der Waals surface area contributed by atoms with Gasteiger partial charge in [-0.3, -0.25) is 14.5 Å². The lowest BCUT2D eigenvalue weighted by Gasteiger charge is -2.20. The summed E-state index contributed by atoms with van der Waals surface area (Å²) in [6.07, 6.45) is 0.548. The number of carboxylic acid groups (broad SMARTS) is 1. The summed E-state index contributed by atoms with van der Waals surface area (Å²) in [6, 6.07) is 0. The molecule has 3 N–H and O–H groups in total. The molecule has 18 heavy (non-hydrogen) atoms. The van der Waals surface area contributed by atoms with E-state index in [9.17, 15) is 18.0 Å². The van der Waals surface area contributed by atoms with Gasteiger partial charge in [0.1, 0.15) is 0 Å². The van der Waals surface area contributed by atoms with E-state index in [0.29, 0.717) is 19.5 Å². The van der Waals surface area contributed by atoms with Crippen molar-refractivity contribution in [3.8, 4) is 0 Å². The van der Waals surface area contributed by atoms with Crippen molar-refractivity contribution >= 4 is 21.9 Å². The maximum absolute atomic E-state index is 11.7. The van der Waals surface area contributed by atoms with Crippen LogP contribution in [0.1, 0.15) is 6.42 Å². The van der Waals surface area contributed by atoms with Crippen molar-refractivity contribution in [2.45, 2.75) is 6.42 Å². The molecule has 9 heteroatoms. The third kappa shape index (κ3) is 4.59. The number of nitrogens with two attached hydrogens (primary N) is 1. The van der Waals surface area contributed by atoms with Gasteiger partial charge in [0.25, 0.3) is 0 Å². The predicted octanol–water partition coefficient (Wildman–Crippen LogP) is -2.11. The summed E-state index contributed by atoms with van der Waals surface area (Å²) >= 11 is 0. The molecule has 0 atom stereocenters. The average molecular weight is 279 g/mol. The van der Waals surface area contributed by atoms with E-state index in [4.69, 9.17) is 10.8 Å². The number of carboxylic acids is 1. The van der Waals surface area contributed by atoms with E-state index in [0.717, 1.165) is 4.31 Å². The Bertz CT molecular complexity index is 422. The first-order chi connectivity index (χ1) is 8.31. The minimum absolute atomic E-state index is 0.0901. The van der Waals surface area contributed by atoms with Gasteiger partial charge in [-0.1, -0.05) is 0 Å². The first-order valence-corrected chi connectivity index (χ1v) is 7.12. The number of aliphatic carboxylic acids is 1. The molecular formula is C9H17N3O5S. The normalized spacial score (nSPS) is 19.3. The molecule has 0 radical (unpaired) electrons. The Balaban J connectivity index is 2.61. The Kier molecular flexibility index (Phi) is 5.05. The lowest BCUT2D eigenvalue weighted by molar-refractivity contribution is -0.134. The number of hydrogen-bond acceptors (Lipinski definition) is 5. The van der Waals surface area contributed by atoms with Gasteiger partial charge in [-0.2, -0.15) is 0 Å². The van der Waals surface area contributed by atoms with Gasteiger partial charge in [0.05, 0.1) is 6.54 Å². The predicted molar refractivity (Wildman–Crippen MR) is 63.2 cm³/mol. The van der Waals surface area contributed by atoms with Crippen LogP contribution in [-0.4, -0.2) is 73.1 Å². The fourth-order valence-electron chi connectivity index (χ4n) is 1.85. The molecule has 1 saturated heterocycles. The third-order valence-electron chi connectivity index (χ3n) is 2.63. The second-order valence-electron chi connectivity index (χ2n) is 4.15. The van der Waals surface area contributed by atoms with Crippen molar-refractivity contribution in [3.05, 3.63) is 0 Å². The minimum Gasteiger partial charge on any atom is -0.480 e. The largest absolute Gasteiger partial charge is 0.480 e. The van der Waals surface area contributed by atoms with Crippen molar-refractivity contribution in [2.75, 3.05) is 38.5 Å². The second kappa shape index (κ2) is 6.12. The molecule has 0 aromatic carbocycles. The number of carbonyl (C=O) groups excluding carboxylic acids is 1. The highest BCUT2D eigenvalue weighted by atomic mass is 32.2. The Morgan fingerprint density at radius 2 is 1.83 bits per heavy atom. The highest BCUT2D eigenvalue weighted by Gasteiger charge is 2.27. The summed E-state index contributed by atoms with van der Waals surface area (Å²) in [6.45, 7) is 1.49. The fourth-order valence-corrected chi connectivity index (χ4v) is 3.11. The summed E-state index contributed by atoms with van der Waals surface area (Å²) in [5.74, 6) is -2.73. The molecule has 1 heterocycles. The number of amides is 1. The molecule has 1 aliphatic rings. The number of nitrogens with zero attached hydrogens (tertiary/aromatic N) is 2. The molecule has 0 aromatic heterocycles. The molecule has 104 valence electrons. The van der Waals surface area contributed by atoms with Crippen LogP contribution in [0.3, 0.4) is 0 Å². The van der Waals surface area contributed by atoms with Crippen molar-refractivity contribution in [3.63, 3.8) is 0 Å². The molecule has 0 bridgehead atoms. The van der Waals surface area contributed by atoms with Crippen LogP contribution >= 0.6 is 0 Å². The van der Waals surface area contributed by atoms with E-state index in [-0.39, 0.29) is 19.6 Å². The SMILES string of the molecule is NC(=O)CN1CCCN(S(=O)(=O)CC(=O)O)CC1. The van der Waals surface area contributed by atoms with E-state index in [1.54, 1.807) is 4.90 Å². The van der Waals surface area contributed by atoms with Crippen molar-refractivity contribution < 1.29 is 23.1 Å². The molecular weight excluding hydrogens is 262 g/mol. The van der Waals surface area contributed by atoms with Crippen LogP contribution in [0, 0.1) is 0 Å². The van der Waals surface area contributed by atoms with Gasteiger partial charge in [-0.15, -0.1) is 0 Å². The van der Waals surface area contributed by atoms with Gasteiger partial charge >= 0.3 is 5.97 Å². The minimum atomic E-state index is -3.77. The van der Waals surface area contributed by atoms with Crippen LogP contribution in [-0.2, 0) is 19.6 Å². The summed E-state index contributed by atoms with van der Waals surface area (Å²) in [7, 11) is -3.77. The highest BCUT2D eigenvalue weighted by Crippen LogP contribution is 2.08. The first-order valence-electron chi connectivity index (χ1n) is 5.51. The maximum atomic E-state index is 11.7. The monoisotopic (exact) mass is 279 g/mol. The number of primary amides is 1. The zero-order chi connectivity index (χ0) is 13.8. The van der Waals surface area contributed by atoms with Gasteiger partial charge in [-0.05, 0) is 13.0 Å². The van der Waals surface area contributed by atoms with Gasteiger partial charge in [0, 0.05) is 19.6 Å². The second-order valence-corrected chi connectivity index (χ2v) is 6.11. The zero-order valence-corrected chi connectivity index (χ0v) is 10.7. The molecule has 1 fully saturated rings. The van der Waals surface area contributed by atoms with Crippen LogP contribution in [0.4, 0.5) is 0 Å². The van der Waals surface area contributed by atoms with Crippen LogP contribution in [0.15, 0.2) is 0 Å². The third-order valence-corrected chi connectivity index (χ3v) is 4.39. The van der Waals surface area contributed by atoms with Crippen LogP contribution < -0.4 is 5.73 Å². The Morgan fingerprint density at radius 1 is 1.17 bits per heavy atom. The number of carbonyl (C=O) groups is 2. The van der Waals surface area contributed by atoms with E-state index >= 15 is 0 Å². The van der Waals surface area contributed by atoms with Gasteiger partial charge < -0.3 is 10.8 Å². The summed E-state index contributed by atoms with van der Waals surface area (Å²) in [5.41, 5.74) is 5.07. The quantitative estimate of drug-likeness (QED) is 0.594. The molecule has 1 amide bonds. The molecule has 8 nitrogen and oxygen atoms in total. The Morgan fingerprint density at radius 3 is 2.39 bits per heavy atom. The molecule has 0 unspecified atom stereocenters. The zero-order valence-electron chi connectivity index (χ0n) is 9.91. The van der Waals surface area contributed by atoms with E-state index < -0.39 is 27.7 Å². The lowest BCUT2D eigenvalue weighted by Crippen LogP contribution is -2.39. The summed E-state index contributed by atoms with van der Waals surface area (Å²) in [4.78, 5) is 23.0. The fraction of sp³-hybridized carbons (Fsp3) is 0.778. The standard InChI is InChI=1S/C9H17N3O5S/c10-8(13)6-11-2-1-3-12(5-4-11)18(16,17)7-9(14)15/h1-7H2,(H2,10,13)(H,14,15). The molecule has 1 rings (SSSR count). The van der Waals surface area contributed by atoms with Crippen molar-refractivity contribution in [1.29, 1.82) is 0 Å². The highest BCUT2D eigenvalue weighted by molar-refractivity contribution is 7.89. The van der Waals surface area contributed by atoms with Gasteiger partial charge in [0.2, 0.25) is 15.9 Å². The van der Waals surface area contributed by atoms with E-state index in [1.807, 2.05) is 0 Å². The van der Waals surface area contributed by atoms with Crippen molar-refractivity contribution in [2.24, 2.45) is 5.73 Å². The molecule has 0 spiro atoms. The van der Waals surface area contributed by atoms with Gasteiger partial charge in [-0.25, -0.2) is 12.7 Å². The number of sulfonamides is 1. The van der Waals surface area contributed by atoms with Gasteiger partial charge in [0.15, 0.2) is 5.75 Å².